The molecule has 0 radical (unpaired) electrons. The number of ether oxygens (including phenoxy) is 1. The molecule has 150 valence electrons. The van der Waals surface area contributed by atoms with Crippen molar-refractivity contribution in [2.24, 2.45) is 0 Å². The zero-order valence-corrected chi connectivity index (χ0v) is 17.2. The van der Waals surface area contributed by atoms with Gasteiger partial charge in [-0.15, -0.1) is 0 Å². The highest BCUT2D eigenvalue weighted by Crippen LogP contribution is 2.29. The Balaban J connectivity index is 1.62. The summed E-state index contributed by atoms with van der Waals surface area (Å²) >= 11 is 6.16. The number of para-hydroxylation sites is 1. The number of aromatic nitrogens is 2. The zero-order chi connectivity index (χ0) is 19.9. The van der Waals surface area contributed by atoms with E-state index in [9.17, 15) is 4.79 Å². The van der Waals surface area contributed by atoms with E-state index in [4.69, 9.17) is 16.3 Å². The summed E-state index contributed by atoms with van der Waals surface area (Å²) in [4.78, 5) is 25.2. The molecule has 1 amide bonds. The van der Waals surface area contributed by atoms with E-state index in [0.717, 1.165) is 38.2 Å². The smallest absolute Gasteiger partial charge is 0.224 e. The number of piperazine rings is 1. The highest BCUT2D eigenvalue weighted by atomic mass is 35.5. The first kappa shape index (κ1) is 20.4. The predicted octanol–water partition coefficient (Wildman–Crippen LogP) is 4.54. The summed E-state index contributed by atoms with van der Waals surface area (Å²) in [7, 11) is 0. The van der Waals surface area contributed by atoms with Gasteiger partial charge in [0.05, 0.1) is 5.02 Å². The highest BCUT2D eigenvalue weighted by molar-refractivity contribution is 6.32. The van der Waals surface area contributed by atoms with Crippen LogP contribution in [0.3, 0.4) is 0 Å². The Morgan fingerprint density at radius 1 is 1.25 bits per heavy atom. The summed E-state index contributed by atoms with van der Waals surface area (Å²) in [5.41, 5.74) is 0. The Kier molecular flexibility index (Phi) is 7.09. The fraction of sp³-hybridized carbons (Fsp3) is 0.476. The number of unbranched alkanes of at least 4 members (excludes halogenated alkanes) is 2. The number of anilines is 1. The molecule has 6 nitrogen and oxygen atoms in total. The average Bonchev–Trinajstić information content (AvgIpc) is 2.70. The van der Waals surface area contributed by atoms with Crippen LogP contribution in [0.2, 0.25) is 5.02 Å². The third-order valence-corrected chi connectivity index (χ3v) is 5.26. The number of amides is 1. The molecule has 1 unspecified atom stereocenters. The SMILES string of the molecule is CCCCCC(=O)N1CCN(c2cc(Oc3ccccc3Cl)ncn2)CC1C. The van der Waals surface area contributed by atoms with Gasteiger partial charge in [-0.1, -0.05) is 43.5 Å². The van der Waals surface area contributed by atoms with Gasteiger partial charge < -0.3 is 14.5 Å². The molecule has 1 fully saturated rings. The number of nitrogens with zero attached hydrogens (tertiary/aromatic N) is 4. The second-order valence-electron chi connectivity index (χ2n) is 7.09. The summed E-state index contributed by atoms with van der Waals surface area (Å²) in [6, 6.07) is 9.25. The minimum Gasteiger partial charge on any atom is -0.437 e. The van der Waals surface area contributed by atoms with Gasteiger partial charge in [0, 0.05) is 38.2 Å². The molecule has 2 heterocycles. The number of hydrogen-bond acceptors (Lipinski definition) is 5. The number of benzene rings is 1. The van der Waals surface area contributed by atoms with E-state index in [1.807, 2.05) is 23.1 Å². The minimum absolute atomic E-state index is 0.144. The second kappa shape index (κ2) is 9.73. The normalized spacial score (nSPS) is 16.9. The first-order chi connectivity index (χ1) is 13.6. The monoisotopic (exact) mass is 402 g/mol. The maximum Gasteiger partial charge on any atom is 0.224 e. The van der Waals surface area contributed by atoms with E-state index >= 15 is 0 Å². The van der Waals surface area contributed by atoms with Gasteiger partial charge in [-0.2, -0.15) is 0 Å². The molecule has 1 saturated heterocycles. The molecule has 0 N–H and O–H groups in total. The Morgan fingerprint density at radius 3 is 2.82 bits per heavy atom. The fourth-order valence-corrected chi connectivity index (χ4v) is 3.58. The van der Waals surface area contributed by atoms with Gasteiger partial charge in [0.15, 0.2) is 0 Å². The fourth-order valence-electron chi connectivity index (χ4n) is 3.40. The lowest BCUT2D eigenvalue weighted by Gasteiger charge is -2.40. The molecular formula is C21H27ClN4O2. The van der Waals surface area contributed by atoms with Crippen LogP contribution in [0.15, 0.2) is 36.7 Å². The number of rotatable bonds is 7. The van der Waals surface area contributed by atoms with Gasteiger partial charge in [-0.05, 0) is 25.5 Å². The zero-order valence-electron chi connectivity index (χ0n) is 16.5. The Labute approximate surface area is 171 Å². The van der Waals surface area contributed by atoms with Gasteiger partial charge in [0.2, 0.25) is 11.8 Å². The maximum absolute atomic E-state index is 12.5. The largest absolute Gasteiger partial charge is 0.437 e. The van der Waals surface area contributed by atoms with Crippen molar-refractivity contribution in [3.05, 3.63) is 41.7 Å². The molecule has 1 atom stereocenters. The van der Waals surface area contributed by atoms with Crippen molar-refractivity contribution < 1.29 is 9.53 Å². The Morgan fingerprint density at radius 2 is 2.07 bits per heavy atom. The van der Waals surface area contributed by atoms with Crippen LogP contribution >= 0.6 is 11.6 Å². The van der Waals surface area contributed by atoms with Crippen molar-refractivity contribution >= 4 is 23.3 Å². The summed E-state index contributed by atoms with van der Waals surface area (Å²) in [6.07, 6.45) is 5.34. The van der Waals surface area contributed by atoms with E-state index in [0.29, 0.717) is 29.6 Å². The highest BCUT2D eigenvalue weighted by Gasteiger charge is 2.27. The van der Waals surface area contributed by atoms with Gasteiger partial charge >= 0.3 is 0 Å². The number of carbonyl (C=O) groups excluding carboxylic acids is 1. The number of hydrogen-bond donors (Lipinski definition) is 0. The average molecular weight is 403 g/mol. The molecule has 2 aromatic rings. The molecule has 0 saturated carbocycles. The van der Waals surface area contributed by atoms with Crippen molar-refractivity contribution in [1.29, 1.82) is 0 Å². The maximum atomic E-state index is 12.5. The van der Waals surface area contributed by atoms with Crippen LogP contribution in [-0.4, -0.2) is 46.5 Å². The van der Waals surface area contributed by atoms with Crippen LogP contribution in [0.25, 0.3) is 0 Å². The minimum atomic E-state index is 0.144. The molecule has 7 heteroatoms. The molecular weight excluding hydrogens is 376 g/mol. The summed E-state index contributed by atoms with van der Waals surface area (Å²) in [5, 5.41) is 0.534. The van der Waals surface area contributed by atoms with E-state index in [1.165, 1.54) is 6.33 Å². The lowest BCUT2D eigenvalue weighted by molar-refractivity contribution is -0.133. The lowest BCUT2D eigenvalue weighted by atomic mass is 10.1. The van der Waals surface area contributed by atoms with E-state index in [-0.39, 0.29) is 11.9 Å². The quantitative estimate of drug-likeness (QED) is 0.636. The first-order valence-electron chi connectivity index (χ1n) is 9.87. The second-order valence-corrected chi connectivity index (χ2v) is 7.49. The van der Waals surface area contributed by atoms with Gasteiger partial charge in [0.1, 0.15) is 17.9 Å². The molecule has 0 bridgehead atoms. The van der Waals surface area contributed by atoms with Crippen LogP contribution < -0.4 is 9.64 Å². The topological polar surface area (TPSA) is 58.6 Å². The van der Waals surface area contributed by atoms with Crippen molar-refractivity contribution in [3.8, 4) is 11.6 Å². The van der Waals surface area contributed by atoms with Crippen LogP contribution in [-0.2, 0) is 4.79 Å². The number of carbonyl (C=O) groups is 1. The lowest BCUT2D eigenvalue weighted by Crippen LogP contribution is -2.54. The Bertz CT molecular complexity index is 801. The Hall–Kier alpha value is -2.34. The third kappa shape index (κ3) is 5.13. The van der Waals surface area contributed by atoms with E-state index < -0.39 is 0 Å². The molecule has 3 rings (SSSR count). The van der Waals surface area contributed by atoms with Gasteiger partial charge in [0.25, 0.3) is 0 Å². The van der Waals surface area contributed by atoms with Crippen molar-refractivity contribution in [2.75, 3.05) is 24.5 Å². The standard InChI is InChI=1S/C21H27ClN4O2/c1-3-4-5-10-21(27)26-12-11-25(14-16(26)2)19-13-20(24-15-23-19)28-18-9-7-6-8-17(18)22/h6-9,13,15-16H,3-5,10-12,14H2,1-2H3. The molecule has 0 spiro atoms. The molecule has 0 aliphatic carbocycles. The molecule has 1 aliphatic rings. The van der Waals surface area contributed by atoms with Gasteiger partial charge in [-0.3, -0.25) is 4.79 Å². The van der Waals surface area contributed by atoms with Crippen LogP contribution in [0, 0.1) is 0 Å². The van der Waals surface area contributed by atoms with Crippen molar-refractivity contribution in [2.45, 2.75) is 45.6 Å². The number of halogens is 1. The van der Waals surface area contributed by atoms with Crippen molar-refractivity contribution in [3.63, 3.8) is 0 Å². The van der Waals surface area contributed by atoms with E-state index in [2.05, 4.69) is 28.7 Å². The molecule has 1 aromatic heterocycles. The van der Waals surface area contributed by atoms with Gasteiger partial charge in [-0.25, -0.2) is 9.97 Å². The molecule has 1 aliphatic heterocycles. The predicted molar refractivity (Wildman–Crippen MR) is 111 cm³/mol. The third-order valence-electron chi connectivity index (χ3n) is 4.94. The van der Waals surface area contributed by atoms with Crippen molar-refractivity contribution in [1.82, 2.24) is 14.9 Å². The first-order valence-corrected chi connectivity index (χ1v) is 10.2. The summed E-state index contributed by atoms with van der Waals surface area (Å²) in [5.74, 6) is 2.06. The van der Waals surface area contributed by atoms with Crippen LogP contribution in [0.5, 0.6) is 11.6 Å². The summed E-state index contributed by atoms with van der Waals surface area (Å²) < 4.78 is 5.81. The summed E-state index contributed by atoms with van der Waals surface area (Å²) in [6.45, 7) is 6.43. The molecule has 1 aromatic carbocycles. The van der Waals surface area contributed by atoms with E-state index in [1.54, 1.807) is 12.1 Å². The van der Waals surface area contributed by atoms with Crippen LogP contribution in [0.1, 0.15) is 39.5 Å². The van der Waals surface area contributed by atoms with Crippen LogP contribution in [0.4, 0.5) is 5.82 Å². The molecule has 28 heavy (non-hydrogen) atoms.